The first kappa shape index (κ1) is 16.2. The maximum absolute atomic E-state index is 13.8. The van der Waals surface area contributed by atoms with E-state index in [-0.39, 0.29) is 37.9 Å². The minimum absolute atomic E-state index is 0.0171. The van der Waals surface area contributed by atoms with Gasteiger partial charge in [-0.25, -0.2) is 13.6 Å². The fourth-order valence-corrected chi connectivity index (χ4v) is 2.84. The van der Waals surface area contributed by atoms with E-state index in [2.05, 4.69) is 0 Å². The molecule has 1 saturated heterocycles. The molecule has 1 aromatic rings. The summed E-state index contributed by atoms with van der Waals surface area (Å²) in [6.07, 6.45) is -0.656. The number of carbonyl (C=O) groups is 2. The number of ether oxygens (including phenoxy) is 1. The molecule has 0 saturated carbocycles. The smallest absolute Gasteiger partial charge is 0.407 e. The number of methoxy groups -OCH3 is 1. The van der Waals surface area contributed by atoms with Crippen LogP contribution in [0.4, 0.5) is 13.6 Å². The maximum Gasteiger partial charge on any atom is 0.407 e. The summed E-state index contributed by atoms with van der Waals surface area (Å²) < 4.78 is 32.0. The largest absolute Gasteiger partial charge is 0.469 e. The molecule has 0 atom stereocenters. The highest BCUT2D eigenvalue weighted by Crippen LogP contribution is 2.37. The first-order valence-corrected chi connectivity index (χ1v) is 6.88. The van der Waals surface area contributed by atoms with Crippen LogP contribution in [-0.4, -0.2) is 42.3 Å². The Hall–Kier alpha value is -2.18. The maximum atomic E-state index is 13.8. The lowest BCUT2D eigenvalue weighted by atomic mass is 9.73. The highest BCUT2D eigenvalue weighted by molar-refractivity contribution is 5.78. The van der Waals surface area contributed by atoms with E-state index in [1.165, 1.54) is 12.0 Å². The van der Waals surface area contributed by atoms with Crippen molar-refractivity contribution >= 4 is 12.1 Å². The number of benzene rings is 1. The molecule has 5 nitrogen and oxygen atoms in total. The molecule has 1 N–H and O–H groups in total. The van der Waals surface area contributed by atoms with Crippen molar-refractivity contribution in [2.45, 2.75) is 19.3 Å². The zero-order valence-corrected chi connectivity index (χ0v) is 12.1. The third kappa shape index (κ3) is 3.18. The molecule has 22 heavy (non-hydrogen) atoms. The van der Waals surface area contributed by atoms with E-state index in [0.29, 0.717) is 0 Å². The molecule has 1 aliphatic heterocycles. The van der Waals surface area contributed by atoms with Crippen molar-refractivity contribution in [3.8, 4) is 0 Å². The Bertz CT molecular complexity index is 583. The van der Waals surface area contributed by atoms with Crippen LogP contribution >= 0.6 is 0 Å². The van der Waals surface area contributed by atoms with Gasteiger partial charge in [-0.1, -0.05) is 0 Å². The van der Waals surface area contributed by atoms with Crippen molar-refractivity contribution < 1.29 is 28.2 Å². The summed E-state index contributed by atoms with van der Waals surface area (Å²) in [4.78, 5) is 24.3. The molecule has 1 aromatic carbocycles. The van der Waals surface area contributed by atoms with E-state index in [0.717, 1.165) is 18.2 Å². The number of nitrogens with zero attached hydrogens (tertiary/aromatic N) is 1. The highest BCUT2D eigenvalue weighted by Gasteiger charge is 2.43. The molecule has 1 heterocycles. The Morgan fingerprint density at radius 1 is 1.32 bits per heavy atom. The first-order chi connectivity index (χ1) is 10.4. The van der Waals surface area contributed by atoms with Gasteiger partial charge in [0.1, 0.15) is 11.6 Å². The number of amides is 1. The predicted octanol–water partition coefficient (Wildman–Crippen LogP) is 2.44. The fraction of sp³-hybridized carbons (Fsp3) is 0.467. The number of esters is 1. The van der Waals surface area contributed by atoms with E-state index >= 15 is 0 Å². The van der Waals surface area contributed by atoms with E-state index in [1.807, 2.05) is 0 Å². The molecule has 0 radical (unpaired) electrons. The average Bonchev–Trinajstić information content (AvgIpc) is 2.50. The summed E-state index contributed by atoms with van der Waals surface area (Å²) in [6.45, 7) is 0.308. The van der Waals surface area contributed by atoms with Crippen LogP contribution in [0.15, 0.2) is 18.2 Å². The van der Waals surface area contributed by atoms with Gasteiger partial charge < -0.3 is 14.7 Å². The second-order valence-electron chi connectivity index (χ2n) is 5.45. The molecule has 0 aliphatic carbocycles. The lowest BCUT2D eigenvalue weighted by Crippen LogP contribution is -2.47. The number of carbonyl (C=O) groups excluding carboxylic acids is 1. The lowest BCUT2D eigenvalue weighted by molar-refractivity contribution is -0.155. The van der Waals surface area contributed by atoms with Crippen LogP contribution in [0.5, 0.6) is 0 Å². The minimum Gasteiger partial charge on any atom is -0.469 e. The zero-order valence-electron chi connectivity index (χ0n) is 12.1. The molecular formula is C15H17F2NO4. The Balaban J connectivity index is 2.26. The van der Waals surface area contributed by atoms with Gasteiger partial charge in [0.05, 0.1) is 12.5 Å². The molecule has 0 aromatic heterocycles. The third-order valence-corrected chi connectivity index (χ3v) is 4.15. The molecule has 7 heteroatoms. The Morgan fingerprint density at radius 3 is 2.50 bits per heavy atom. The lowest BCUT2D eigenvalue weighted by Gasteiger charge is -2.38. The van der Waals surface area contributed by atoms with Crippen molar-refractivity contribution in [3.05, 3.63) is 35.4 Å². The molecular weight excluding hydrogens is 296 g/mol. The van der Waals surface area contributed by atoms with Gasteiger partial charge in [-0.15, -0.1) is 0 Å². The summed E-state index contributed by atoms with van der Waals surface area (Å²) in [5, 5.41) is 8.97. The summed E-state index contributed by atoms with van der Waals surface area (Å²) in [5.74, 6) is -1.70. The van der Waals surface area contributed by atoms with Gasteiger partial charge in [0.25, 0.3) is 0 Å². The number of hydrogen-bond acceptors (Lipinski definition) is 3. The number of piperidine rings is 1. The number of halogens is 2. The summed E-state index contributed by atoms with van der Waals surface area (Å²) in [7, 11) is 1.23. The van der Waals surface area contributed by atoms with Crippen LogP contribution in [0.3, 0.4) is 0 Å². The molecule has 1 fully saturated rings. The Morgan fingerprint density at radius 2 is 1.95 bits per heavy atom. The molecule has 120 valence electrons. The van der Waals surface area contributed by atoms with Crippen LogP contribution in [0.2, 0.25) is 0 Å². The van der Waals surface area contributed by atoms with E-state index in [9.17, 15) is 18.4 Å². The quantitative estimate of drug-likeness (QED) is 0.870. The Kier molecular flexibility index (Phi) is 4.63. The first-order valence-electron chi connectivity index (χ1n) is 6.88. The molecule has 0 unspecified atom stereocenters. The predicted molar refractivity (Wildman–Crippen MR) is 73.3 cm³/mol. The second-order valence-corrected chi connectivity index (χ2v) is 5.45. The fourth-order valence-electron chi connectivity index (χ4n) is 2.84. The molecule has 0 spiro atoms. The normalized spacial score (nSPS) is 17.1. The standard InChI is InChI=1S/C15H17F2NO4/c1-22-13(19)15(4-6-18(7-5-15)14(20)21)9-10-8-11(16)2-3-12(10)17/h2-3,8H,4-7,9H2,1H3,(H,20,21). The zero-order chi connectivity index (χ0) is 16.3. The number of rotatable bonds is 3. The van der Waals surface area contributed by atoms with Gasteiger partial charge in [-0.3, -0.25) is 4.79 Å². The minimum atomic E-state index is -1.06. The SMILES string of the molecule is COC(=O)C1(Cc2cc(F)ccc2F)CCN(C(=O)O)CC1. The average molecular weight is 313 g/mol. The topological polar surface area (TPSA) is 66.8 Å². The number of carboxylic acid groups (broad SMARTS) is 1. The van der Waals surface area contributed by atoms with Gasteiger partial charge in [0.2, 0.25) is 0 Å². The van der Waals surface area contributed by atoms with Gasteiger partial charge in [0.15, 0.2) is 0 Å². The van der Waals surface area contributed by atoms with Gasteiger partial charge in [-0.2, -0.15) is 0 Å². The van der Waals surface area contributed by atoms with E-state index in [4.69, 9.17) is 9.84 Å². The second kappa shape index (κ2) is 6.29. The van der Waals surface area contributed by atoms with E-state index < -0.39 is 29.1 Å². The summed E-state index contributed by atoms with van der Waals surface area (Å²) >= 11 is 0. The number of likely N-dealkylation sites (tertiary alicyclic amines) is 1. The third-order valence-electron chi connectivity index (χ3n) is 4.15. The molecule has 2 rings (SSSR count). The Labute approximate surface area is 126 Å². The van der Waals surface area contributed by atoms with Crippen molar-refractivity contribution in [2.75, 3.05) is 20.2 Å². The van der Waals surface area contributed by atoms with E-state index in [1.54, 1.807) is 0 Å². The number of hydrogen-bond donors (Lipinski definition) is 1. The van der Waals surface area contributed by atoms with Crippen LogP contribution in [0.25, 0.3) is 0 Å². The monoisotopic (exact) mass is 313 g/mol. The van der Waals surface area contributed by atoms with Crippen molar-refractivity contribution in [2.24, 2.45) is 5.41 Å². The van der Waals surface area contributed by atoms with Crippen LogP contribution in [0, 0.1) is 17.0 Å². The summed E-state index contributed by atoms with van der Waals surface area (Å²) in [5.41, 5.74) is -0.941. The van der Waals surface area contributed by atoms with Crippen LogP contribution in [-0.2, 0) is 16.0 Å². The van der Waals surface area contributed by atoms with Crippen molar-refractivity contribution in [3.63, 3.8) is 0 Å². The molecule has 1 aliphatic rings. The summed E-state index contributed by atoms with van der Waals surface area (Å²) in [6, 6.07) is 3.09. The van der Waals surface area contributed by atoms with Gasteiger partial charge in [0, 0.05) is 13.1 Å². The van der Waals surface area contributed by atoms with Crippen molar-refractivity contribution in [1.29, 1.82) is 0 Å². The molecule has 0 bridgehead atoms. The van der Waals surface area contributed by atoms with Gasteiger partial charge in [-0.05, 0) is 43.0 Å². The molecule has 1 amide bonds. The van der Waals surface area contributed by atoms with Crippen LogP contribution in [0.1, 0.15) is 18.4 Å². The van der Waals surface area contributed by atoms with Crippen molar-refractivity contribution in [1.82, 2.24) is 4.90 Å². The van der Waals surface area contributed by atoms with Gasteiger partial charge >= 0.3 is 12.1 Å². The van der Waals surface area contributed by atoms with Crippen LogP contribution < -0.4 is 0 Å². The highest BCUT2D eigenvalue weighted by atomic mass is 19.1.